The minimum Gasteiger partial charge on any atom is -0.289 e. The number of hydrogen-bond acceptors (Lipinski definition) is 1. The van der Waals surface area contributed by atoms with Crippen LogP contribution in [0.1, 0.15) is 30.9 Å². The maximum absolute atomic E-state index is 4.65. The summed E-state index contributed by atoms with van der Waals surface area (Å²) in [4.78, 5) is 4.65. The van der Waals surface area contributed by atoms with Crippen molar-refractivity contribution in [3.63, 3.8) is 0 Å². The van der Waals surface area contributed by atoms with Gasteiger partial charge in [0.2, 0.25) is 0 Å². The number of hydrogen-bond donors (Lipinski definition) is 0. The van der Waals surface area contributed by atoms with Crippen molar-refractivity contribution in [3.8, 4) is 0 Å². The lowest BCUT2D eigenvalue weighted by atomic mass is 9.95. The average Bonchev–Trinajstić information content (AvgIpc) is 2.23. The van der Waals surface area contributed by atoms with Crippen molar-refractivity contribution in [2.75, 3.05) is 6.54 Å². The fraction of sp³-hybridized carbons (Fsp3) is 0.462. The van der Waals surface area contributed by atoms with Crippen molar-refractivity contribution in [2.24, 2.45) is 10.9 Å². The van der Waals surface area contributed by atoms with Crippen LogP contribution in [0.4, 0.5) is 0 Å². The molecule has 1 aromatic rings. The summed E-state index contributed by atoms with van der Waals surface area (Å²) in [7, 11) is 0. The Kier molecular flexibility index (Phi) is 3.25. The van der Waals surface area contributed by atoms with Crippen LogP contribution >= 0.6 is 15.9 Å². The van der Waals surface area contributed by atoms with Gasteiger partial charge >= 0.3 is 0 Å². The van der Waals surface area contributed by atoms with Crippen LogP contribution in [0.2, 0.25) is 0 Å². The molecule has 0 saturated heterocycles. The summed E-state index contributed by atoms with van der Waals surface area (Å²) in [6, 6.07) is 6.51. The number of nitrogens with zero attached hydrogens (tertiary/aromatic N) is 1. The van der Waals surface area contributed by atoms with Crippen LogP contribution < -0.4 is 0 Å². The molecule has 1 nitrogen and oxygen atoms in total. The van der Waals surface area contributed by atoms with Gasteiger partial charge in [0.25, 0.3) is 0 Å². The Morgan fingerprint density at radius 3 is 2.80 bits per heavy atom. The number of benzene rings is 1. The van der Waals surface area contributed by atoms with Gasteiger partial charge < -0.3 is 0 Å². The van der Waals surface area contributed by atoms with Gasteiger partial charge in [0.05, 0.1) is 0 Å². The molecule has 0 bridgehead atoms. The summed E-state index contributed by atoms with van der Waals surface area (Å²) in [5.74, 6) is 0.752. The molecule has 0 saturated carbocycles. The highest BCUT2D eigenvalue weighted by Crippen LogP contribution is 2.22. The van der Waals surface area contributed by atoms with E-state index in [4.69, 9.17) is 0 Å². The van der Waals surface area contributed by atoms with E-state index < -0.39 is 0 Å². The number of aryl methyl sites for hydroxylation is 1. The lowest BCUT2D eigenvalue weighted by Gasteiger charge is -2.17. The molecule has 1 unspecified atom stereocenters. The van der Waals surface area contributed by atoms with E-state index in [0.29, 0.717) is 0 Å². The second kappa shape index (κ2) is 4.48. The van der Waals surface area contributed by atoms with Crippen LogP contribution in [0.15, 0.2) is 27.7 Å². The number of rotatable bonds is 1. The molecule has 1 aliphatic heterocycles. The summed E-state index contributed by atoms with van der Waals surface area (Å²) in [5, 5.41) is 0. The third-order valence-corrected chi connectivity index (χ3v) is 3.83. The molecule has 15 heavy (non-hydrogen) atoms. The third kappa shape index (κ3) is 2.49. The highest BCUT2D eigenvalue weighted by molar-refractivity contribution is 9.10. The number of halogens is 1. The molecule has 1 aliphatic rings. The van der Waals surface area contributed by atoms with Crippen molar-refractivity contribution < 1.29 is 0 Å². The highest BCUT2D eigenvalue weighted by Gasteiger charge is 2.13. The second-order valence-corrected chi connectivity index (χ2v) is 5.25. The Bertz CT molecular complexity index is 396. The first-order valence-electron chi connectivity index (χ1n) is 5.46. The zero-order chi connectivity index (χ0) is 10.8. The van der Waals surface area contributed by atoms with Gasteiger partial charge in [0.1, 0.15) is 0 Å². The smallest absolute Gasteiger partial charge is 0.0421 e. The van der Waals surface area contributed by atoms with Crippen LogP contribution in [0, 0.1) is 12.8 Å². The van der Waals surface area contributed by atoms with E-state index in [-0.39, 0.29) is 0 Å². The highest BCUT2D eigenvalue weighted by atomic mass is 79.9. The summed E-state index contributed by atoms with van der Waals surface area (Å²) < 4.78 is 1.18. The Balaban J connectivity index is 2.26. The quantitative estimate of drug-likeness (QED) is 0.729. The lowest BCUT2D eigenvalue weighted by Crippen LogP contribution is -2.14. The zero-order valence-corrected chi connectivity index (χ0v) is 10.8. The molecule has 0 fully saturated rings. The average molecular weight is 266 g/mol. The Hall–Kier alpha value is -0.630. The standard InChI is InChI=1S/C13H16BrN/c1-9-3-6-13(15-8-9)11-5-4-10(2)12(14)7-11/h4-5,7,9H,3,6,8H2,1-2H3. The SMILES string of the molecule is Cc1ccc(C2=NCC(C)CC2)cc1Br. The predicted octanol–water partition coefficient (Wildman–Crippen LogP) is 3.98. The van der Waals surface area contributed by atoms with Crippen LogP contribution in [0.5, 0.6) is 0 Å². The van der Waals surface area contributed by atoms with Gasteiger partial charge in [-0.1, -0.05) is 35.0 Å². The van der Waals surface area contributed by atoms with Gasteiger partial charge in [-0.25, -0.2) is 0 Å². The fourth-order valence-corrected chi connectivity index (χ4v) is 2.21. The van der Waals surface area contributed by atoms with Crippen LogP contribution in [0.3, 0.4) is 0 Å². The summed E-state index contributed by atoms with van der Waals surface area (Å²) in [5.41, 5.74) is 3.83. The molecule has 2 heteroatoms. The fourth-order valence-electron chi connectivity index (χ4n) is 1.83. The van der Waals surface area contributed by atoms with Gasteiger partial charge in [-0.15, -0.1) is 0 Å². The van der Waals surface area contributed by atoms with E-state index in [1.807, 2.05) is 0 Å². The minimum absolute atomic E-state index is 0.752. The minimum atomic E-state index is 0.752. The first kappa shape index (κ1) is 10.9. The van der Waals surface area contributed by atoms with Crippen molar-refractivity contribution in [1.82, 2.24) is 0 Å². The van der Waals surface area contributed by atoms with E-state index >= 15 is 0 Å². The van der Waals surface area contributed by atoms with Crippen LogP contribution in [-0.2, 0) is 0 Å². The largest absolute Gasteiger partial charge is 0.289 e. The van der Waals surface area contributed by atoms with E-state index in [1.165, 1.54) is 27.7 Å². The summed E-state index contributed by atoms with van der Waals surface area (Å²) in [6.45, 7) is 5.37. The Labute approximate surface area is 99.7 Å². The molecule has 0 radical (unpaired) electrons. The van der Waals surface area contributed by atoms with Gasteiger partial charge in [0.15, 0.2) is 0 Å². The summed E-state index contributed by atoms with van der Waals surface area (Å²) >= 11 is 3.57. The Morgan fingerprint density at radius 2 is 2.20 bits per heavy atom. The Morgan fingerprint density at radius 1 is 1.40 bits per heavy atom. The molecule has 1 aromatic carbocycles. The van der Waals surface area contributed by atoms with Crippen molar-refractivity contribution in [3.05, 3.63) is 33.8 Å². The second-order valence-electron chi connectivity index (χ2n) is 4.40. The van der Waals surface area contributed by atoms with Gasteiger partial charge in [0, 0.05) is 16.7 Å². The maximum Gasteiger partial charge on any atom is 0.0421 e. The third-order valence-electron chi connectivity index (χ3n) is 2.97. The molecule has 80 valence electrons. The van der Waals surface area contributed by atoms with Gasteiger partial charge in [-0.2, -0.15) is 0 Å². The van der Waals surface area contributed by atoms with Crippen molar-refractivity contribution in [1.29, 1.82) is 0 Å². The monoisotopic (exact) mass is 265 g/mol. The molecular formula is C13H16BrN. The van der Waals surface area contributed by atoms with Crippen LogP contribution in [-0.4, -0.2) is 12.3 Å². The molecule has 1 atom stereocenters. The molecule has 2 rings (SSSR count). The van der Waals surface area contributed by atoms with E-state index in [2.05, 4.69) is 53.0 Å². The summed E-state index contributed by atoms with van der Waals surface area (Å²) in [6.07, 6.45) is 2.39. The molecule has 1 heterocycles. The number of aliphatic imine (C=N–C) groups is 1. The maximum atomic E-state index is 4.65. The molecule has 0 spiro atoms. The molecule has 0 aromatic heterocycles. The van der Waals surface area contributed by atoms with E-state index in [9.17, 15) is 0 Å². The van der Waals surface area contributed by atoms with E-state index in [0.717, 1.165) is 18.9 Å². The normalized spacial score (nSPS) is 21.3. The van der Waals surface area contributed by atoms with E-state index in [1.54, 1.807) is 0 Å². The molecular weight excluding hydrogens is 250 g/mol. The van der Waals surface area contributed by atoms with Gasteiger partial charge in [-0.3, -0.25) is 4.99 Å². The van der Waals surface area contributed by atoms with Crippen molar-refractivity contribution in [2.45, 2.75) is 26.7 Å². The van der Waals surface area contributed by atoms with Crippen molar-refractivity contribution >= 4 is 21.6 Å². The lowest BCUT2D eigenvalue weighted by molar-refractivity contribution is 0.538. The predicted molar refractivity (Wildman–Crippen MR) is 68.7 cm³/mol. The first-order valence-corrected chi connectivity index (χ1v) is 6.26. The molecule has 0 aliphatic carbocycles. The van der Waals surface area contributed by atoms with Crippen LogP contribution in [0.25, 0.3) is 0 Å². The van der Waals surface area contributed by atoms with Gasteiger partial charge in [-0.05, 0) is 42.9 Å². The molecule has 0 amide bonds. The molecule has 0 N–H and O–H groups in total. The first-order chi connectivity index (χ1) is 7.16. The zero-order valence-electron chi connectivity index (χ0n) is 9.26. The topological polar surface area (TPSA) is 12.4 Å².